The van der Waals surface area contributed by atoms with Gasteiger partial charge in [0.2, 0.25) is 5.75 Å². The summed E-state index contributed by atoms with van der Waals surface area (Å²) < 4.78 is 21.4. The maximum Gasteiger partial charge on any atom is 0.341 e. The van der Waals surface area contributed by atoms with Crippen molar-refractivity contribution in [2.24, 2.45) is 0 Å². The Kier molecular flexibility index (Phi) is 3.60. The Balaban J connectivity index is 2.45. The van der Waals surface area contributed by atoms with Crippen LogP contribution in [0.5, 0.6) is 17.2 Å². The highest BCUT2D eigenvalue weighted by atomic mass is 16.6. The quantitative estimate of drug-likeness (QED) is 0.770. The largest absolute Gasteiger partial charge is 0.487 e. The first-order valence-electron chi connectivity index (χ1n) is 5.81. The van der Waals surface area contributed by atoms with Gasteiger partial charge in [0, 0.05) is 0 Å². The van der Waals surface area contributed by atoms with E-state index < -0.39 is 5.97 Å². The van der Waals surface area contributed by atoms with Gasteiger partial charge in [-0.15, -0.1) is 0 Å². The molecule has 0 saturated heterocycles. The van der Waals surface area contributed by atoms with E-state index in [-0.39, 0.29) is 6.10 Å². The highest BCUT2D eigenvalue weighted by molar-refractivity contribution is 5.94. The molecule has 0 atom stereocenters. The second kappa shape index (κ2) is 5.16. The zero-order valence-electron chi connectivity index (χ0n) is 10.7. The van der Waals surface area contributed by atoms with Crippen LogP contribution in [0.1, 0.15) is 24.2 Å². The van der Waals surface area contributed by atoms with Gasteiger partial charge < -0.3 is 18.9 Å². The molecular formula is C13H16O5. The van der Waals surface area contributed by atoms with Crippen LogP contribution in [0, 0.1) is 0 Å². The number of hydrogen-bond acceptors (Lipinski definition) is 5. The molecule has 1 aliphatic heterocycles. The van der Waals surface area contributed by atoms with Gasteiger partial charge in [-0.1, -0.05) is 0 Å². The minimum Gasteiger partial charge on any atom is -0.487 e. The highest BCUT2D eigenvalue weighted by Gasteiger charge is 2.25. The predicted molar refractivity (Wildman–Crippen MR) is 64.5 cm³/mol. The first-order chi connectivity index (χ1) is 8.63. The van der Waals surface area contributed by atoms with E-state index in [1.807, 2.05) is 13.8 Å². The van der Waals surface area contributed by atoms with Crippen LogP contribution in [-0.2, 0) is 4.74 Å². The molecule has 0 aromatic heterocycles. The van der Waals surface area contributed by atoms with E-state index in [1.165, 1.54) is 7.11 Å². The summed E-state index contributed by atoms with van der Waals surface area (Å²) in [6.07, 6.45) is 0.0172. The summed E-state index contributed by atoms with van der Waals surface area (Å²) in [5.74, 6) is 0.990. The van der Waals surface area contributed by atoms with Crippen LogP contribution in [0.25, 0.3) is 0 Å². The van der Waals surface area contributed by atoms with Gasteiger partial charge in [-0.25, -0.2) is 4.79 Å². The summed E-state index contributed by atoms with van der Waals surface area (Å²) in [6.45, 7) is 4.68. The third kappa shape index (κ3) is 2.34. The van der Waals surface area contributed by atoms with E-state index in [9.17, 15) is 4.79 Å². The summed E-state index contributed by atoms with van der Waals surface area (Å²) in [4.78, 5) is 11.6. The Morgan fingerprint density at radius 3 is 2.50 bits per heavy atom. The number of carbonyl (C=O) groups is 1. The molecule has 0 saturated carbocycles. The minimum absolute atomic E-state index is 0.0172. The molecule has 1 aromatic rings. The van der Waals surface area contributed by atoms with Gasteiger partial charge in [-0.3, -0.25) is 0 Å². The van der Waals surface area contributed by atoms with Crippen LogP contribution in [-0.4, -0.2) is 32.4 Å². The first kappa shape index (κ1) is 12.5. The van der Waals surface area contributed by atoms with E-state index in [4.69, 9.17) is 18.9 Å². The second-order valence-electron chi connectivity index (χ2n) is 4.12. The van der Waals surface area contributed by atoms with Crippen molar-refractivity contribution < 1.29 is 23.7 Å². The summed E-state index contributed by atoms with van der Waals surface area (Å²) in [5, 5.41) is 0. The van der Waals surface area contributed by atoms with Crippen molar-refractivity contribution in [3.63, 3.8) is 0 Å². The van der Waals surface area contributed by atoms with Crippen molar-refractivity contribution in [2.45, 2.75) is 20.0 Å². The zero-order chi connectivity index (χ0) is 13.1. The normalized spacial score (nSPS) is 13.3. The lowest BCUT2D eigenvalue weighted by atomic mass is 10.1. The van der Waals surface area contributed by atoms with Crippen LogP contribution < -0.4 is 14.2 Å². The van der Waals surface area contributed by atoms with Crippen molar-refractivity contribution in [1.82, 2.24) is 0 Å². The smallest absolute Gasteiger partial charge is 0.341 e. The van der Waals surface area contributed by atoms with Gasteiger partial charge in [-0.05, 0) is 26.0 Å². The van der Waals surface area contributed by atoms with E-state index in [2.05, 4.69) is 0 Å². The molecule has 1 aliphatic rings. The van der Waals surface area contributed by atoms with Crippen LogP contribution in [0.4, 0.5) is 0 Å². The van der Waals surface area contributed by atoms with Crippen molar-refractivity contribution >= 4 is 5.97 Å². The Morgan fingerprint density at radius 1 is 1.22 bits per heavy atom. The molecule has 0 radical (unpaired) electrons. The minimum atomic E-state index is -0.451. The molecule has 2 rings (SSSR count). The SMILES string of the molecule is COC(=O)c1ccc(OC(C)C)c2c1OCCO2. The van der Waals surface area contributed by atoms with Gasteiger partial charge in [-0.2, -0.15) is 0 Å². The van der Waals surface area contributed by atoms with Gasteiger partial charge in [0.1, 0.15) is 18.8 Å². The Morgan fingerprint density at radius 2 is 1.89 bits per heavy atom. The maximum atomic E-state index is 11.6. The fourth-order valence-electron chi connectivity index (χ4n) is 1.73. The number of fused-ring (bicyclic) bond motifs is 1. The number of hydrogen-bond donors (Lipinski definition) is 0. The highest BCUT2D eigenvalue weighted by Crippen LogP contribution is 2.42. The van der Waals surface area contributed by atoms with Gasteiger partial charge in [0.05, 0.1) is 13.2 Å². The Labute approximate surface area is 106 Å². The molecule has 0 amide bonds. The van der Waals surface area contributed by atoms with Gasteiger partial charge >= 0.3 is 5.97 Å². The molecule has 18 heavy (non-hydrogen) atoms. The first-order valence-corrected chi connectivity index (χ1v) is 5.81. The lowest BCUT2D eigenvalue weighted by molar-refractivity contribution is 0.0589. The lowest BCUT2D eigenvalue weighted by Gasteiger charge is -2.23. The molecule has 5 nitrogen and oxygen atoms in total. The van der Waals surface area contributed by atoms with E-state index in [0.29, 0.717) is 36.0 Å². The van der Waals surface area contributed by atoms with E-state index in [0.717, 1.165) is 0 Å². The maximum absolute atomic E-state index is 11.6. The number of methoxy groups -OCH3 is 1. The van der Waals surface area contributed by atoms with E-state index >= 15 is 0 Å². The second-order valence-corrected chi connectivity index (χ2v) is 4.12. The summed E-state index contributed by atoms with van der Waals surface area (Å²) >= 11 is 0. The number of esters is 1. The van der Waals surface area contributed by atoms with Gasteiger partial charge in [0.25, 0.3) is 0 Å². The van der Waals surface area contributed by atoms with Crippen LogP contribution in [0.3, 0.4) is 0 Å². The fraction of sp³-hybridized carbons (Fsp3) is 0.462. The van der Waals surface area contributed by atoms with Crippen molar-refractivity contribution in [3.05, 3.63) is 17.7 Å². The molecule has 0 aliphatic carbocycles. The molecule has 1 aromatic carbocycles. The summed E-state index contributed by atoms with van der Waals surface area (Å²) in [5.41, 5.74) is 0.350. The van der Waals surface area contributed by atoms with E-state index in [1.54, 1.807) is 12.1 Å². The summed E-state index contributed by atoms with van der Waals surface area (Å²) in [7, 11) is 1.33. The molecule has 0 spiro atoms. The number of carbonyl (C=O) groups excluding carboxylic acids is 1. The average molecular weight is 252 g/mol. The molecule has 1 heterocycles. The number of benzene rings is 1. The van der Waals surface area contributed by atoms with Gasteiger partial charge in [0.15, 0.2) is 11.5 Å². The molecule has 0 unspecified atom stereocenters. The zero-order valence-corrected chi connectivity index (χ0v) is 10.7. The molecule has 5 heteroatoms. The Bertz CT molecular complexity index is 453. The molecule has 98 valence electrons. The molecule has 0 N–H and O–H groups in total. The third-order valence-electron chi connectivity index (χ3n) is 2.42. The van der Waals surface area contributed by atoms with Crippen molar-refractivity contribution in [1.29, 1.82) is 0 Å². The van der Waals surface area contributed by atoms with Crippen LogP contribution in [0.2, 0.25) is 0 Å². The average Bonchev–Trinajstić information content (AvgIpc) is 2.38. The topological polar surface area (TPSA) is 54.0 Å². The standard InChI is InChI=1S/C13H16O5/c1-8(2)18-10-5-4-9(13(14)15-3)11-12(10)17-7-6-16-11/h4-5,8H,6-7H2,1-3H3. The van der Waals surface area contributed by atoms with Crippen LogP contribution >= 0.6 is 0 Å². The molecular weight excluding hydrogens is 236 g/mol. The number of rotatable bonds is 3. The van der Waals surface area contributed by atoms with Crippen molar-refractivity contribution in [2.75, 3.05) is 20.3 Å². The predicted octanol–water partition coefficient (Wildman–Crippen LogP) is 2.03. The summed E-state index contributed by atoms with van der Waals surface area (Å²) in [6, 6.07) is 3.32. The Hall–Kier alpha value is -1.91. The monoisotopic (exact) mass is 252 g/mol. The van der Waals surface area contributed by atoms with Crippen LogP contribution in [0.15, 0.2) is 12.1 Å². The third-order valence-corrected chi connectivity index (χ3v) is 2.42. The fourth-order valence-corrected chi connectivity index (χ4v) is 1.73. The van der Waals surface area contributed by atoms with Crippen molar-refractivity contribution in [3.8, 4) is 17.2 Å². The number of ether oxygens (including phenoxy) is 4. The molecule has 0 bridgehead atoms. The molecule has 0 fully saturated rings. The lowest BCUT2D eigenvalue weighted by Crippen LogP contribution is -2.19.